The first kappa shape index (κ1) is 27.4. The molecule has 0 spiro atoms. The van der Waals surface area contributed by atoms with Crippen molar-refractivity contribution in [2.24, 2.45) is 34.0 Å². The standard InChI is InChI=1S/C30H44O5/c1-18(2)9-8-10-20(27(34)35)26-24(31)17-30(7)23-12-11-21(19(3)4)28(5,15-14-25(32)33)22(23)13-16-29(26,30)6/h9,12-13,20-21,24,26,31H,3,8,10-11,14-17H2,1-2,4-7H3,(H,32,33)(H,34,35)/t20?,21?,24?,26?,28-,29+,30?/m0/s1. The van der Waals surface area contributed by atoms with Crippen molar-refractivity contribution in [2.45, 2.75) is 92.6 Å². The minimum absolute atomic E-state index is 0.0928. The Labute approximate surface area is 210 Å². The van der Waals surface area contributed by atoms with Crippen LogP contribution >= 0.6 is 0 Å². The molecule has 3 N–H and O–H groups in total. The number of carboxylic acids is 2. The van der Waals surface area contributed by atoms with Crippen molar-refractivity contribution in [3.63, 3.8) is 0 Å². The van der Waals surface area contributed by atoms with E-state index < -0.39 is 29.4 Å². The van der Waals surface area contributed by atoms with E-state index in [0.29, 0.717) is 32.1 Å². The average Bonchev–Trinajstić information content (AvgIpc) is 2.95. The SMILES string of the molecule is C=C(C)C1CC=C2C(=CC[C@]3(C)C(C(CCC=C(C)C)C(=O)O)C(O)CC23C)[C@@]1(C)CCC(=O)O. The summed E-state index contributed by atoms with van der Waals surface area (Å²) in [6, 6.07) is 0. The lowest BCUT2D eigenvalue weighted by atomic mass is 9.48. The topological polar surface area (TPSA) is 94.8 Å². The van der Waals surface area contributed by atoms with Gasteiger partial charge < -0.3 is 15.3 Å². The van der Waals surface area contributed by atoms with E-state index in [0.717, 1.165) is 12.0 Å². The molecule has 0 aromatic rings. The third-order valence-corrected chi connectivity index (χ3v) is 9.82. The van der Waals surface area contributed by atoms with Gasteiger partial charge in [0.1, 0.15) is 0 Å². The van der Waals surface area contributed by atoms with Crippen LogP contribution in [0.3, 0.4) is 0 Å². The summed E-state index contributed by atoms with van der Waals surface area (Å²) in [5.41, 5.74) is 3.46. The molecule has 0 aromatic heterocycles. The minimum Gasteiger partial charge on any atom is -0.481 e. The van der Waals surface area contributed by atoms with Crippen molar-refractivity contribution in [3.8, 4) is 0 Å². The van der Waals surface area contributed by atoms with E-state index >= 15 is 0 Å². The van der Waals surface area contributed by atoms with E-state index in [1.54, 1.807) is 0 Å². The molecule has 3 rings (SSSR count). The van der Waals surface area contributed by atoms with Gasteiger partial charge in [-0.2, -0.15) is 0 Å². The van der Waals surface area contributed by atoms with Gasteiger partial charge in [-0.1, -0.05) is 56.7 Å². The summed E-state index contributed by atoms with van der Waals surface area (Å²) < 4.78 is 0. The molecule has 5 heteroatoms. The summed E-state index contributed by atoms with van der Waals surface area (Å²) in [6.45, 7) is 16.8. The third-order valence-electron chi connectivity index (χ3n) is 9.82. The zero-order chi connectivity index (χ0) is 26.3. The minimum atomic E-state index is -0.831. The highest BCUT2D eigenvalue weighted by molar-refractivity contribution is 5.71. The Kier molecular flexibility index (Phi) is 7.63. The first-order valence-electron chi connectivity index (χ1n) is 13.0. The van der Waals surface area contributed by atoms with E-state index in [1.807, 2.05) is 20.8 Å². The van der Waals surface area contributed by atoms with Crippen molar-refractivity contribution < 1.29 is 24.9 Å². The molecule has 5 unspecified atom stereocenters. The van der Waals surface area contributed by atoms with Crippen LogP contribution in [0, 0.1) is 34.0 Å². The fourth-order valence-corrected chi connectivity index (χ4v) is 7.77. The molecule has 3 aliphatic carbocycles. The number of carboxylic acid groups (broad SMARTS) is 2. The molecule has 0 heterocycles. The quantitative estimate of drug-likeness (QED) is 0.323. The molecule has 3 aliphatic rings. The van der Waals surface area contributed by atoms with Crippen molar-refractivity contribution in [3.05, 3.63) is 47.1 Å². The number of hydrogen-bond acceptors (Lipinski definition) is 3. The summed E-state index contributed by atoms with van der Waals surface area (Å²) >= 11 is 0. The molecule has 0 aromatic carbocycles. The lowest BCUT2D eigenvalue weighted by Gasteiger charge is -2.56. The molecule has 0 bridgehead atoms. The van der Waals surface area contributed by atoms with Gasteiger partial charge in [-0.3, -0.25) is 9.59 Å². The van der Waals surface area contributed by atoms with Gasteiger partial charge in [-0.25, -0.2) is 0 Å². The summed E-state index contributed by atoms with van der Waals surface area (Å²) in [5.74, 6) is -2.44. The smallest absolute Gasteiger partial charge is 0.306 e. The fourth-order valence-electron chi connectivity index (χ4n) is 7.77. The Morgan fingerprint density at radius 1 is 1.14 bits per heavy atom. The molecule has 0 radical (unpaired) electrons. The van der Waals surface area contributed by atoms with Crippen LogP contribution in [0.1, 0.15) is 86.5 Å². The molecular formula is C30H44O5. The van der Waals surface area contributed by atoms with Crippen LogP contribution < -0.4 is 0 Å². The predicted molar refractivity (Wildman–Crippen MR) is 139 cm³/mol. The van der Waals surface area contributed by atoms with E-state index in [2.05, 4.69) is 45.6 Å². The van der Waals surface area contributed by atoms with Crippen molar-refractivity contribution >= 4 is 11.9 Å². The van der Waals surface area contributed by atoms with E-state index in [1.165, 1.54) is 16.7 Å². The summed E-state index contributed by atoms with van der Waals surface area (Å²) in [7, 11) is 0. The normalized spacial score (nSPS) is 36.8. The maximum Gasteiger partial charge on any atom is 0.306 e. The maximum atomic E-state index is 12.5. The second kappa shape index (κ2) is 9.72. The number of rotatable bonds is 9. The number of allylic oxidation sites excluding steroid dienone is 7. The molecule has 0 saturated heterocycles. The number of aliphatic carboxylic acids is 2. The number of aliphatic hydroxyl groups excluding tert-OH is 1. The average molecular weight is 485 g/mol. The monoisotopic (exact) mass is 484 g/mol. The fraction of sp³-hybridized carbons (Fsp3) is 0.667. The molecule has 5 nitrogen and oxygen atoms in total. The second-order valence-electron chi connectivity index (χ2n) is 12.2. The molecule has 1 fully saturated rings. The van der Waals surface area contributed by atoms with Gasteiger partial charge in [0.15, 0.2) is 0 Å². The first-order valence-corrected chi connectivity index (χ1v) is 13.0. The highest BCUT2D eigenvalue weighted by Gasteiger charge is 2.65. The van der Waals surface area contributed by atoms with Crippen LogP contribution in [0.25, 0.3) is 0 Å². The summed E-state index contributed by atoms with van der Waals surface area (Å²) in [6.07, 6.45) is 9.70. The molecule has 7 atom stereocenters. The third kappa shape index (κ3) is 4.57. The zero-order valence-corrected chi connectivity index (χ0v) is 22.4. The van der Waals surface area contributed by atoms with Crippen LogP contribution in [0.2, 0.25) is 0 Å². The van der Waals surface area contributed by atoms with Gasteiger partial charge in [0.2, 0.25) is 0 Å². The van der Waals surface area contributed by atoms with Gasteiger partial charge >= 0.3 is 11.9 Å². The predicted octanol–water partition coefficient (Wildman–Crippen LogP) is 6.55. The summed E-state index contributed by atoms with van der Waals surface area (Å²) in [4.78, 5) is 24.0. The van der Waals surface area contributed by atoms with Crippen LogP contribution in [-0.4, -0.2) is 33.4 Å². The molecule has 35 heavy (non-hydrogen) atoms. The number of carbonyl (C=O) groups is 2. The van der Waals surface area contributed by atoms with Gasteiger partial charge in [-0.05, 0) is 87.2 Å². The lowest BCUT2D eigenvalue weighted by molar-refractivity contribution is -0.148. The van der Waals surface area contributed by atoms with E-state index in [-0.39, 0.29) is 29.1 Å². The van der Waals surface area contributed by atoms with Gasteiger partial charge in [-0.15, -0.1) is 0 Å². The molecular weight excluding hydrogens is 440 g/mol. The summed E-state index contributed by atoms with van der Waals surface area (Å²) in [5, 5.41) is 31.1. The van der Waals surface area contributed by atoms with E-state index in [4.69, 9.17) is 0 Å². The van der Waals surface area contributed by atoms with Gasteiger partial charge in [0, 0.05) is 17.8 Å². The van der Waals surface area contributed by atoms with Crippen LogP contribution in [0.15, 0.2) is 47.1 Å². The molecule has 1 saturated carbocycles. The van der Waals surface area contributed by atoms with Crippen molar-refractivity contribution in [1.82, 2.24) is 0 Å². The largest absolute Gasteiger partial charge is 0.481 e. The Bertz CT molecular complexity index is 983. The Balaban J connectivity index is 2.07. The van der Waals surface area contributed by atoms with Gasteiger partial charge in [0.25, 0.3) is 0 Å². The first-order chi connectivity index (χ1) is 16.2. The second-order valence-corrected chi connectivity index (χ2v) is 12.2. The Morgan fingerprint density at radius 2 is 1.80 bits per heavy atom. The number of aliphatic hydroxyl groups is 1. The highest BCUT2D eigenvalue weighted by Crippen LogP contribution is 2.70. The van der Waals surface area contributed by atoms with Crippen LogP contribution in [-0.2, 0) is 9.59 Å². The highest BCUT2D eigenvalue weighted by atomic mass is 16.4. The maximum absolute atomic E-state index is 12.5. The number of hydrogen-bond donors (Lipinski definition) is 3. The molecule has 0 aliphatic heterocycles. The number of fused-ring (bicyclic) bond motifs is 3. The Hall–Kier alpha value is -2.14. The molecule has 194 valence electrons. The van der Waals surface area contributed by atoms with Crippen LogP contribution in [0.4, 0.5) is 0 Å². The van der Waals surface area contributed by atoms with Crippen LogP contribution in [0.5, 0.6) is 0 Å². The zero-order valence-electron chi connectivity index (χ0n) is 22.4. The van der Waals surface area contributed by atoms with E-state index in [9.17, 15) is 24.9 Å². The Morgan fingerprint density at radius 3 is 2.34 bits per heavy atom. The van der Waals surface area contributed by atoms with Crippen molar-refractivity contribution in [2.75, 3.05) is 0 Å². The lowest BCUT2D eigenvalue weighted by Crippen LogP contribution is -2.48. The van der Waals surface area contributed by atoms with Gasteiger partial charge in [0.05, 0.1) is 12.0 Å². The molecule has 0 amide bonds. The van der Waals surface area contributed by atoms with Crippen molar-refractivity contribution in [1.29, 1.82) is 0 Å².